The lowest BCUT2D eigenvalue weighted by Crippen LogP contribution is -2.30. The zero-order valence-electron chi connectivity index (χ0n) is 19.7. The summed E-state index contributed by atoms with van der Waals surface area (Å²) in [4.78, 5) is 33.7. The fourth-order valence-corrected chi connectivity index (χ4v) is 4.44. The highest BCUT2D eigenvalue weighted by atomic mass is 16.5. The molecule has 2 aromatic carbocycles. The first-order valence-electron chi connectivity index (χ1n) is 11.5. The van der Waals surface area contributed by atoms with Crippen LogP contribution in [0.4, 0.5) is 5.82 Å². The lowest BCUT2D eigenvalue weighted by Gasteiger charge is -2.24. The van der Waals surface area contributed by atoms with E-state index in [4.69, 9.17) is 9.15 Å². The van der Waals surface area contributed by atoms with Gasteiger partial charge in [-0.05, 0) is 80.3 Å². The number of carbonyl (C=O) groups excluding carboxylic acids is 1. The van der Waals surface area contributed by atoms with E-state index >= 15 is 0 Å². The van der Waals surface area contributed by atoms with Gasteiger partial charge in [-0.1, -0.05) is 25.1 Å². The van der Waals surface area contributed by atoms with E-state index in [2.05, 4.69) is 4.98 Å². The first-order chi connectivity index (χ1) is 16.4. The van der Waals surface area contributed by atoms with Crippen LogP contribution in [0.1, 0.15) is 57.9 Å². The SMILES string of the molecule is CCCOc1cccc(C2c3c(oc4cc(C)c(C)cc4c3=O)C(=O)N2c2cccc(C)n2)c1. The van der Waals surface area contributed by atoms with Crippen molar-refractivity contribution in [1.82, 2.24) is 4.98 Å². The summed E-state index contributed by atoms with van der Waals surface area (Å²) < 4.78 is 12.0. The standard InChI is InChI=1S/C28H26N2O4/c1-5-12-33-20-10-7-9-19(15-20)25-24-26(31)21-13-16(2)17(3)14-22(21)34-27(24)28(32)30(25)23-11-6-8-18(4)29-23/h6-11,13-15,25H,5,12H2,1-4H3. The van der Waals surface area contributed by atoms with E-state index in [-0.39, 0.29) is 17.1 Å². The molecule has 1 atom stereocenters. The quantitative estimate of drug-likeness (QED) is 0.390. The summed E-state index contributed by atoms with van der Waals surface area (Å²) in [6.07, 6.45) is 0.878. The van der Waals surface area contributed by atoms with E-state index in [9.17, 15) is 9.59 Å². The molecule has 2 aromatic heterocycles. The highest BCUT2D eigenvalue weighted by molar-refractivity contribution is 6.10. The van der Waals surface area contributed by atoms with E-state index < -0.39 is 6.04 Å². The third-order valence-electron chi connectivity index (χ3n) is 6.25. The molecule has 0 fully saturated rings. The number of nitrogens with zero attached hydrogens (tertiary/aromatic N) is 2. The van der Waals surface area contributed by atoms with E-state index in [1.807, 2.05) is 76.2 Å². The lowest BCUT2D eigenvalue weighted by molar-refractivity contribution is 0.0970. The average Bonchev–Trinajstić information content (AvgIpc) is 3.12. The molecule has 5 rings (SSSR count). The molecule has 1 amide bonds. The number of carbonyl (C=O) groups is 1. The average molecular weight is 455 g/mol. The van der Waals surface area contributed by atoms with Gasteiger partial charge in [-0.25, -0.2) is 4.98 Å². The lowest BCUT2D eigenvalue weighted by atomic mass is 9.97. The van der Waals surface area contributed by atoms with E-state index in [0.29, 0.717) is 34.7 Å². The third kappa shape index (κ3) is 3.55. The topological polar surface area (TPSA) is 72.6 Å². The number of fused-ring (bicyclic) bond motifs is 2. The van der Waals surface area contributed by atoms with Crippen LogP contribution in [-0.4, -0.2) is 17.5 Å². The van der Waals surface area contributed by atoms with Crippen molar-refractivity contribution in [1.29, 1.82) is 0 Å². The zero-order chi connectivity index (χ0) is 24.0. The Labute approximate surface area is 197 Å². The highest BCUT2D eigenvalue weighted by Gasteiger charge is 2.44. The summed E-state index contributed by atoms with van der Waals surface area (Å²) in [6.45, 7) is 8.41. The van der Waals surface area contributed by atoms with Gasteiger partial charge in [0.25, 0.3) is 5.91 Å². The van der Waals surface area contributed by atoms with Crippen molar-refractivity contribution in [3.05, 3.63) is 98.5 Å². The van der Waals surface area contributed by atoms with Gasteiger partial charge < -0.3 is 9.15 Å². The van der Waals surface area contributed by atoms with Gasteiger partial charge in [0.15, 0.2) is 5.43 Å². The van der Waals surface area contributed by atoms with Gasteiger partial charge in [0.05, 0.1) is 23.6 Å². The van der Waals surface area contributed by atoms with Crippen molar-refractivity contribution < 1.29 is 13.9 Å². The smallest absolute Gasteiger partial charge is 0.296 e. The van der Waals surface area contributed by atoms with Gasteiger partial charge in [0, 0.05) is 5.69 Å². The maximum atomic E-state index is 13.8. The predicted molar refractivity (Wildman–Crippen MR) is 132 cm³/mol. The molecular formula is C28H26N2O4. The number of ether oxygens (including phenoxy) is 1. The highest BCUT2D eigenvalue weighted by Crippen LogP contribution is 2.41. The van der Waals surface area contributed by atoms with Crippen molar-refractivity contribution in [2.75, 3.05) is 11.5 Å². The van der Waals surface area contributed by atoms with Crippen LogP contribution in [0.25, 0.3) is 11.0 Å². The van der Waals surface area contributed by atoms with Crippen molar-refractivity contribution in [3.8, 4) is 5.75 Å². The molecule has 3 heterocycles. The third-order valence-corrected chi connectivity index (χ3v) is 6.25. The minimum atomic E-state index is -0.677. The van der Waals surface area contributed by atoms with Gasteiger partial charge in [0.1, 0.15) is 17.2 Å². The molecule has 1 unspecified atom stereocenters. The Morgan fingerprint density at radius 2 is 1.76 bits per heavy atom. The molecule has 0 saturated heterocycles. The molecule has 0 spiro atoms. The second-order valence-electron chi connectivity index (χ2n) is 8.74. The Balaban J connectivity index is 1.78. The van der Waals surface area contributed by atoms with Gasteiger partial charge in [0.2, 0.25) is 5.76 Å². The second kappa shape index (κ2) is 8.45. The molecule has 4 aromatic rings. The van der Waals surface area contributed by atoms with Gasteiger partial charge >= 0.3 is 0 Å². The Hall–Kier alpha value is -3.93. The molecule has 0 saturated carbocycles. The van der Waals surface area contributed by atoms with Crippen molar-refractivity contribution in [3.63, 3.8) is 0 Å². The molecule has 0 aliphatic carbocycles. The number of benzene rings is 2. The second-order valence-corrected chi connectivity index (χ2v) is 8.74. The molecule has 6 heteroatoms. The van der Waals surface area contributed by atoms with Crippen LogP contribution in [0.5, 0.6) is 5.75 Å². The molecule has 6 nitrogen and oxygen atoms in total. The summed E-state index contributed by atoms with van der Waals surface area (Å²) in [5, 5.41) is 0.470. The van der Waals surface area contributed by atoms with Crippen LogP contribution in [-0.2, 0) is 0 Å². The molecule has 0 radical (unpaired) electrons. The van der Waals surface area contributed by atoms with Crippen LogP contribution < -0.4 is 15.1 Å². The molecule has 1 aliphatic heterocycles. The minimum absolute atomic E-state index is 0.0638. The Bertz CT molecular complexity index is 1490. The van der Waals surface area contributed by atoms with Crippen LogP contribution >= 0.6 is 0 Å². The fourth-order valence-electron chi connectivity index (χ4n) is 4.44. The monoisotopic (exact) mass is 454 g/mol. The van der Waals surface area contributed by atoms with Crippen molar-refractivity contribution in [2.24, 2.45) is 0 Å². The van der Waals surface area contributed by atoms with Gasteiger partial charge in [-0.3, -0.25) is 14.5 Å². The maximum Gasteiger partial charge on any atom is 0.296 e. The fraction of sp³-hybridized carbons (Fsp3) is 0.250. The number of pyridine rings is 1. The summed E-state index contributed by atoms with van der Waals surface area (Å²) in [7, 11) is 0. The van der Waals surface area contributed by atoms with Crippen LogP contribution in [0.15, 0.2) is 63.8 Å². The minimum Gasteiger partial charge on any atom is -0.494 e. The van der Waals surface area contributed by atoms with Crippen LogP contribution in [0.3, 0.4) is 0 Å². The van der Waals surface area contributed by atoms with Crippen molar-refractivity contribution in [2.45, 2.75) is 40.2 Å². The van der Waals surface area contributed by atoms with Crippen LogP contribution in [0, 0.1) is 20.8 Å². The number of rotatable bonds is 5. The molecule has 0 N–H and O–H groups in total. The van der Waals surface area contributed by atoms with Gasteiger partial charge in [-0.2, -0.15) is 0 Å². The number of hydrogen-bond acceptors (Lipinski definition) is 5. The molecule has 172 valence electrons. The first-order valence-corrected chi connectivity index (χ1v) is 11.5. The summed E-state index contributed by atoms with van der Waals surface area (Å²) in [6, 6.07) is 16.0. The number of aromatic nitrogens is 1. The Morgan fingerprint density at radius 1 is 1.00 bits per heavy atom. The van der Waals surface area contributed by atoms with E-state index in [1.54, 1.807) is 11.0 Å². The normalized spacial score (nSPS) is 15.1. The number of anilines is 1. The predicted octanol–water partition coefficient (Wildman–Crippen LogP) is 5.65. The first kappa shape index (κ1) is 21.9. The number of hydrogen-bond donors (Lipinski definition) is 0. The number of amides is 1. The van der Waals surface area contributed by atoms with E-state index in [1.165, 1.54) is 0 Å². The van der Waals surface area contributed by atoms with Gasteiger partial charge in [-0.15, -0.1) is 0 Å². The molecule has 1 aliphatic rings. The summed E-state index contributed by atoms with van der Waals surface area (Å²) >= 11 is 0. The summed E-state index contributed by atoms with van der Waals surface area (Å²) in [5.41, 5.74) is 4.07. The Morgan fingerprint density at radius 3 is 2.53 bits per heavy atom. The maximum absolute atomic E-state index is 13.8. The number of aryl methyl sites for hydroxylation is 3. The van der Waals surface area contributed by atoms with Crippen LogP contribution in [0.2, 0.25) is 0 Å². The Kier molecular flexibility index (Phi) is 5.44. The molecule has 34 heavy (non-hydrogen) atoms. The van der Waals surface area contributed by atoms with E-state index in [0.717, 1.165) is 28.8 Å². The largest absolute Gasteiger partial charge is 0.494 e. The summed E-state index contributed by atoms with van der Waals surface area (Å²) in [5.74, 6) is 0.843. The zero-order valence-corrected chi connectivity index (χ0v) is 19.7. The van der Waals surface area contributed by atoms with Crippen molar-refractivity contribution >= 4 is 22.7 Å². The molecule has 0 bridgehead atoms. The molecular weight excluding hydrogens is 428 g/mol.